The van der Waals surface area contributed by atoms with Gasteiger partial charge in [0.15, 0.2) is 0 Å². The van der Waals surface area contributed by atoms with Crippen molar-refractivity contribution in [2.75, 3.05) is 18.9 Å². The van der Waals surface area contributed by atoms with E-state index >= 15 is 0 Å². The molecule has 1 aromatic heterocycles. The normalized spacial score (nSPS) is 11.5. The monoisotopic (exact) mass is 343 g/mol. The Labute approximate surface area is 114 Å². The van der Waals surface area contributed by atoms with Gasteiger partial charge in [0.25, 0.3) is 5.91 Å². The molecule has 0 aliphatic heterocycles. The first-order valence-electron chi connectivity index (χ1n) is 5.05. The highest BCUT2D eigenvalue weighted by Crippen LogP contribution is 2.22. The van der Waals surface area contributed by atoms with Gasteiger partial charge in [0.1, 0.15) is 5.82 Å². The number of pyridine rings is 1. The molecule has 9 heteroatoms. The molecule has 1 amide bonds. The zero-order valence-electron chi connectivity index (χ0n) is 9.68. The zero-order chi connectivity index (χ0) is 14.6. The second-order valence-corrected chi connectivity index (χ2v) is 4.46. The smallest absolute Gasteiger partial charge is 0.324 e. The van der Waals surface area contributed by atoms with Crippen molar-refractivity contribution in [1.82, 2.24) is 10.3 Å². The number of alkyl halides is 4. The summed E-state index contributed by atoms with van der Waals surface area (Å²) in [5, 5.41) is 4.35. The van der Waals surface area contributed by atoms with Crippen molar-refractivity contribution < 1.29 is 22.4 Å². The average molecular weight is 344 g/mol. The van der Waals surface area contributed by atoms with Gasteiger partial charge in [-0.25, -0.2) is 13.8 Å². The fourth-order valence-electron chi connectivity index (χ4n) is 1.18. The standard InChI is InChI=1S/C10H10BrF4N3O/c1-16-7-6(2-5(11)3-17-7)8(19)18-4-10(14,15)9(12)13/h2-3,9H,4H2,1H3,(H,16,17)(H,18,19). The van der Waals surface area contributed by atoms with Crippen molar-refractivity contribution in [3.63, 3.8) is 0 Å². The molecule has 106 valence electrons. The summed E-state index contributed by atoms with van der Waals surface area (Å²) in [5.74, 6) is -5.03. The van der Waals surface area contributed by atoms with Crippen LogP contribution >= 0.6 is 15.9 Å². The molecule has 1 rings (SSSR count). The lowest BCUT2D eigenvalue weighted by Gasteiger charge is -2.16. The Bertz CT molecular complexity index is 470. The van der Waals surface area contributed by atoms with Gasteiger partial charge in [-0.1, -0.05) is 0 Å². The molecule has 0 bridgehead atoms. The van der Waals surface area contributed by atoms with Crippen LogP contribution in [0.1, 0.15) is 10.4 Å². The summed E-state index contributed by atoms with van der Waals surface area (Å²) in [6.07, 6.45) is -2.44. The van der Waals surface area contributed by atoms with E-state index < -0.39 is 24.8 Å². The van der Waals surface area contributed by atoms with Gasteiger partial charge < -0.3 is 10.6 Å². The number of rotatable bonds is 5. The number of hydrogen-bond acceptors (Lipinski definition) is 3. The number of nitrogens with zero attached hydrogens (tertiary/aromatic N) is 1. The molecule has 0 fully saturated rings. The first kappa shape index (κ1) is 15.7. The number of halogens is 5. The summed E-state index contributed by atoms with van der Waals surface area (Å²) < 4.78 is 49.7. The quantitative estimate of drug-likeness (QED) is 0.808. The average Bonchev–Trinajstić information content (AvgIpc) is 2.35. The van der Waals surface area contributed by atoms with Crippen LogP contribution in [0.3, 0.4) is 0 Å². The van der Waals surface area contributed by atoms with Crippen LogP contribution in [0.5, 0.6) is 0 Å². The van der Waals surface area contributed by atoms with Gasteiger partial charge in [0.05, 0.1) is 12.1 Å². The summed E-state index contributed by atoms with van der Waals surface area (Å²) in [7, 11) is 1.49. The van der Waals surface area contributed by atoms with Gasteiger partial charge in [-0.05, 0) is 22.0 Å². The van der Waals surface area contributed by atoms with Crippen molar-refractivity contribution in [2.45, 2.75) is 12.3 Å². The maximum Gasteiger partial charge on any atom is 0.324 e. The van der Waals surface area contributed by atoms with Crippen molar-refractivity contribution >= 4 is 27.7 Å². The van der Waals surface area contributed by atoms with E-state index in [0.717, 1.165) is 0 Å². The van der Waals surface area contributed by atoms with E-state index in [1.165, 1.54) is 19.3 Å². The molecule has 2 N–H and O–H groups in total. The lowest BCUT2D eigenvalue weighted by Crippen LogP contribution is -2.41. The predicted molar refractivity (Wildman–Crippen MR) is 64.8 cm³/mol. The minimum absolute atomic E-state index is 0.0260. The number of amides is 1. The number of hydrogen-bond donors (Lipinski definition) is 2. The lowest BCUT2D eigenvalue weighted by molar-refractivity contribution is -0.123. The summed E-state index contributed by atoms with van der Waals surface area (Å²) in [6.45, 7) is -1.45. The SMILES string of the molecule is CNc1ncc(Br)cc1C(=O)NCC(F)(F)C(F)F. The van der Waals surface area contributed by atoms with E-state index in [9.17, 15) is 22.4 Å². The van der Waals surface area contributed by atoms with Crippen LogP contribution < -0.4 is 10.6 Å². The molecule has 0 atom stereocenters. The van der Waals surface area contributed by atoms with Crippen LogP contribution in [-0.2, 0) is 0 Å². The summed E-state index contributed by atoms with van der Waals surface area (Å²) in [4.78, 5) is 15.5. The predicted octanol–water partition coefficient (Wildman–Crippen LogP) is 2.52. The molecule has 0 unspecified atom stereocenters. The Hall–Kier alpha value is -1.38. The van der Waals surface area contributed by atoms with Crippen molar-refractivity contribution in [2.24, 2.45) is 0 Å². The molecule has 1 aromatic rings. The molecule has 4 nitrogen and oxygen atoms in total. The highest BCUT2D eigenvalue weighted by Gasteiger charge is 2.41. The molecule has 0 saturated carbocycles. The van der Waals surface area contributed by atoms with Gasteiger partial charge in [0, 0.05) is 17.7 Å². The Morgan fingerprint density at radius 2 is 2.16 bits per heavy atom. The third kappa shape index (κ3) is 4.05. The molecule has 0 saturated heterocycles. The third-order valence-corrected chi connectivity index (χ3v) is 2.57. The van der Waals surface area contributed by atoms with Crippen LogP contribution in [0.15, 0.2) is 16.7 Å². The first-order chi connectivity index (χ1) is 8.77. The topological polar surface area (TPSA) is 54.0 Å². The molecule has 0 aliphatic carbocycles. The summed E-state index contributed by atoms with van der Waals surface area (Å²) in [5.41, 5.74) is -0.0260. The van der Waals surface area contributed by atoms with E-state index in [-0.39, 0.29) is 11.4 Å². The van der Waals surface area contributed by atoms with E-state index in [4.69, 9.17) is 0 Å². The van der Waals surface area contributed by atoms with Crippen LogP contribution in [0.2, 0.25) is 0 Å². The maximum absolute atomic E-state index is 12.7. The molecule has 0 spiro atoms. The highest BCUT2D eigenvalue weighted by molar-refractivity contribution is 9.10. The Morgan fingerprint density at radius 3 is 2.68 bits per heavy atom. The maximum atomic E-state index is 12.7. The highest BCUT2D eigenvalue weighted by atomic mass is 79.9. The third-order valence-electron chi connectivity index (χ3n) is 2.14. The van der Waals surface area contributed by atoms with Gasteiger partial charge in [-0.2, -0.15) is 8.78 Å². The number of nitrogens with one attached hydrogen (secondary N) is 2. The van der Waals surface area contributed by atoms with Crippen molar-refractivity contribution in [3.05, 3.63) is 22.3 Å². The van der Waals surface area contributed by atoms with E-state index in [1.54, 1.807) is 5.32 Å². The Kier molecular flexibility index (Phi) is 5.10. The fraction of sp³-hybridized carbons (Fsp3) is 0.400. The van der Waals surface area contributed by atoms with E-state index in [0.29, 0.717) is 4.47 Å². The van der Waals surface area contributed by atoms with Gasteiger partial charge in [-0.15, -0.1) is 0 Å². The largest absolute Gasteiger partial charge is 0.372 e. The van der Waals surface area contributed by atoms with Crippen LogP contribution in [0.25, 0.3) is 0 Å². The van der Waals surface area contributed by atoms with E-state index in [1.807, 2.05) is 0 Å². The minimum atomic E-state index is -4.27. The number of carbonyl (C=O) groups excluding carboxylic acids is 1. The number of anilines is 1. The Morgan fingerprint density at radius 1 is 1.53 bits per heavy atom. The van der Waals surface area contributed by atoms with Crippen LogP contribution in [-0.4, -0.2) is 36.8 Å². The van der Waals surface area contributed by atoms with Gasteiger partial charge in [0.2, 0.25) is 0 Å². The molecular weight excluding hydrogens is 334 g/mol. The van der Waals surface area contributed by atoms with Gasteiger partial charge >= 0.3 is 12.3 Å². The first-order valence-corrected chi connectivity index (χ1v) is 5.84. The van der Waals surface area contributed by atoms with Gasteiger partial charge in [-0.3, -0.25) is 4.79 Å². The fourth-order valence-corrected chi connectivity index (χ4v) is 1.51. The molecule has 0 aliphatic rings. The molecule has 0 radical (unpaired) electrons. The lowest BCUT2D eigenvalue weighted by atomic mass is 10.2. The van der Waals surface area contributed by atoms with Crippen LogP contribution in [0, 0.1) is 0 Å². The van der Waals surface area contributed by atoms with E-state index in [2.05, 4.69) is 26.2 Å². The second kappa shape index (κ2) is 6.18. The zero-order valence-corrected chi connectivity index (χ0v) is 11.3. The molecule has 0 aromatic carbocycles. The van der Waals surface area contributed by atoms with Crippen molar-refractivity contribution in [1.29, 1.82) is 0 Å². The molecule has 1 heterocycles. The summed E-state index contributed by atoms with van der Waals surface area (Å²) in [6, 6.07) is 1.34. The molecular formula is C10H10BrF4N3O. The van der Waals surface area contributed by atoms with Crippen LogP contribution in [0.4, 0.5) is 23.4 Å². The number of aromatic nitrogens is 1. The minimum Gasteiger partial charge on any atom is -0.372 e. The molecule has 19 heavy (non-hydrogen) atoms. The Balaban J connectivity index is 2.82. The second-order valence-electron chi connectivity index (χ2n) is 3.54. The number of carbonyl (C=O) groups is 1. The summed E-state index contributed by atoms with van der Waals surface area (Å²) >= 11 is 3.07. The van der Waals surface area contributed by atoms with Crippen molar-refractivity contribution in [3.8, 4) is 0 Å².